The highest BCUT2D eigenvalue weighted by Crippen LogP contribution is 2.42. The van der Waals surface area contributed by atoms with Gasteiger partial charge in [0.1, 0.15) is 17.7 Å². The molecule has 10 heteroatoms. The van der Waals surface area contributed by atoms with Crippen LogP contribution in [0.2, 0.25) is 10.0 Å². The molecule has 2 aromatic rings. The molecule has 1 aliphatic rings. The molecule has 30 heavy (non-hydrogen) atoms. The van der Waals surface area contributed by atoms with Crippen LogP contribution in [0.4, 0.5) is 17.6 Å². The van der Waals surface area contributed by atoms with Crippen molar-refractivity contribution in [1.29, 1.82) is 0 Å². The van der Waals surface area contributed by atoms with Crippen LogP contribution in [0.15, 0.2) is 30.5 Å². The van der Waals surface area contributed by atoms with Crippen molar-refractivity contribution in [2.45, 2.75) is 49.9 Å². The molecule has 1 aliphatic carbocycles. The normalized spacial score (nSPS) is 22.7. The second-order valence-electron chi connectivity index (χ2n) is 7.19. The molecular formula is C20H18Cl2F4N2O2. The molecule has 3 rings (SSSR count). The number of carbonyl (C=O) groups excluding carboxylic acids is 1. The summed E-state index contributed by atoms with van der Waals surface area (Å²) in [5.74, 6) is -1.73. The summed E-state index contributed by atoms with van der Waals surface area (Å²) in [6.07, 6.45) is -3.00. The first-order chi connectivity index (χ1) is 14.1. The molecule has 1 saturated carbocycles. The van der Waals surface area contributed by atoms with Gasteiger partial charge in [-0.05, 0) is 43.4 Å². The molecule has 0 aliphatic heterocycles. The lowest BCUT2D eigenvalue weighted by molar-refractivity contribution is -0.0446. The predicted molar refractivity (Wildman–Crippen MR) is 104 cm³/mol. The van der Waals surface area contributed by atoms with E-state index in [0.29, 0.717) is 0 Å². The molecule has 1 aromatic heterocycles. The third-order valence-corrected chi connectivity index (χ3v) is 6.05. The molecule has 0 spiro atoms. The van der Waals surface area contributed by atoms with Crippen LogP contribution >= 0.6 is 23.2 Å². The van der Waals surface area contributed by atoms with Crippen molar-refractivity contribution in [3.05, 3.63) is 63.1 Å². The number of alkyl halides is 3. The van der Waals surface area contributed by atoms with E-state index in [9.17, 15) is 27.5 Å². The fourth-order valence-corrected chi connectivity index (χ4v) is 4.12. The Kier molecular flexibility index (Phi) is 6.89. The van der Waals surface area contributed by atoms with Crippen LogP contribution < -0.4 is 5.32 Å². The SMILES string of the molecule is O=C(NC(c1cccc(F)c1Cl)C1(O)CCC(F)CC1)c1nccc(C(F)F)c1Cl. The summed E-state index contributed by atoms with van der Waals surface area (Å²) in [6, 6.07) is 3.62. The first-order valence-electron chi connectivity index (χ1n) is 9.18. The average Bonchev–Trinajstić information content (AvgIpc) is 2.70. The molecule has 0 radical (unpaired) electrons. The number of nitrogens with one attached hydrogen (secondary N) is 1. The van der Waals surface area contributed by atoms with Gasteiger partial charge in [-0.15, -0.1) is 0 Å². The summed E-state index contributed by atoms with van der Waals surface area (Å²) in [4.78, 5) is 16.6. The maximum atomic E-state index is 14.1. The summed E-state index contributed by atoms with van der Waals surface area (Å²) >= 11 is 12.0. The quantitative estimate of drug-likeness (QED) is 0.567. The molecule has 0 bridgehead atoms. The zero-order valence-electron chi connectivity index (χ0n) is 15.5. The van der Waals surface area contributed by atoms with Crippen LogP contribution in [0.3, 0.4) is 0 Å². The summed E-state index contributed by atoms with van der Waals surface area (Å²) in [6.45, 7) is 0. The molecule has 1 aromatic carbocycles. The van der Waals surface area contributed by atoms with E-state index in [1.807, 2.05) is 0 Å². The van der Waals surface area contributed by atoms with Crippen molar-refractivity contribution in [2.24, 2.45) is 0 Å². The molecule has 1 amide bonds. The van der Waals surface area contributed by atoms with Crippen molar-refractivity contribution in [1.82, 2.24) is 10.3 Å². The predicted octanol–water partition coefficient (Wildman–Crippen LogP) is 5.58. The van der Waals surface area contributed by atoms with Gasteiger partial charge in [0.25, 0.3) is 12.3 Å². The lowest BCUT2D eigenvalue weighted by Crippen LogP contribution is -2.49. The fourth-order valence-electron chi connectivity index (χ4n) is 3.60. The standard InChI is InChI=1S/C20H18Cl2F4N2O2/c21-14-11(2-1-3-13(14)24)17(20(30)7-4-10(23)5-8-20)28-19(29)16-15(22)12(18(25)26)6-9-27-16/h1-3,6,9-10,17-18,30H,4-5,7-8H2,(H,28,29). The molecule has 162 valence electrons. The maximum Gasteiger partial charge on any atom is 0.272 e. The number of carbonyl (C=O) groups is 1. The molecule has 1 fully saturated rings. The van der Waals surface area contributed by atoms with Crippen LogP contribution in [-0.2, 0) is 0 Å². The van der Waals surface area contributed by atoms with Crippen LogP contribution in [0.5, 0.6) is 0 Å². The molecule has 1 unspecified atom stereocenters. The average molecular weight is 465 g/mol. The largest absolute Gasteiger partial charge is 0.387 e. The Bertz CT molecular complexity index is 937. The van der Waals surface area contributed by atoms with Crippen molar-refractivity contribution in [3.63, 3.8) is 0 Å². The fraction of sp³-hybridized carbons (Fsp3) is 0.400. The Labute approximate surface area is 180 Å². The van der Waals surface area contributed by atoms with E-state index in [2.05, 4.69) is 10.3 Å². The lowest BCUT2D eigenvalue weighted by Gasteiger charge is -2.41. The molecule has 1 atom stereocenters. The van der Waals surface area contributed by atoms with Gasteiger partial charge in [-0.1, -0.05) is 35.3 Å². The van der Waals surface area contributed by atoms with E-state index in [4.69, 9.17) is 23.2 Å². The number of pyridine rings is 1. The highest BCUT2D eigenvalue weighted by molar-refractivity contribution is 6.34. The highest BCUT2D eigenvalue weighted by Gasteiger charge is 2.43. The number of halogens is 6. The number of aromatic nitrogens is 1. The third-order valence-electron chi connectivity index (χ3n) is 5.26. The number of aliphatic hydroxyl groups is 1. The Morgan fingerprint density at radius 2 is 1.83 bits per heavy atom. The van der Waals surface area contributed by atoms with E-state index in [1.54, 1.807) is 0 Å². The van der Waals surface area contributed by atoms with Gasteiger partial charge in [-0.3, -0.25) is 4.79 Å². The van der Waals surface area contributed by atoms with Gasteiger partial charge in [0.2, 0.25) is 0 Å². The lowest BCUT2D eigenvalue weighted by atomic mass is 9.76. The van der Waals surface area contributed by atoms with Crippen molar-refractivity contribution in [3.8, 4) is 0 Å². The van der Waals surface area contributed by atoms with E-state index in [1.165, 1.54) is 12.1 Å². The monoisotopic (exact) mass is 464 g/mol. The smallest absolute Gasteiger partial charge is 0.272 e. The Morgan fingerprint density at radius 3 is 2.47 bits per heavy atom. The van der Waals surface area contributed by atoms with Gasteiger partial charge in [0, 0.05) is 11.8 Å². The molecular weight excluding hydrogens is 447 g/mol. The Morgan fingerprint density at radius 1 is 1.17 bits per heavy atom. The second-order valence-corrected chi connectivity index (χ2v) is 7.95. The van der Waals surface area contributed by atoms with E-state index in [-0.39, 0.29) is 36.3 Å². The number of benzene rings is 1. The number of hydrogen-bond acceptors (Lipinski definition) is 3. The van der Waals surface area contributed by atoms with Crippen molar-refractivity contribution >= 4 is 29.1 Å². The first-order valence-corrected chi connectivity index (χ1v) is 9.93. The van der Waals surface area contributed by atoms with Gasteiger partial charge in [0.05, 0.1) is 21.7 Å². The van der Waals surface area contributed by atoms with Crippen LogP contribution in [0.25, 0.3) is 0 Å². The van der Waals surface area contributed by atoms with Gasteiger partial charge >= 0.3 is 0 Å². The van der Waals surface area contributed by atoms with Gasteiger partial charge in [0.15, 0.2) is 0 Å². The zero-order valence-corrected chi connectivity index (χ0v) is 17.0. The topological polar surface area (TPSA) is 62.2 Å². The summed E-state index contributed by atoms with van der Waals surface area (Å²) in [5.41, 5.74) is -2.61. The molecule has 2 N–H and O–H groups in total. The Hall–Kier alpha value is -1.90. The minimum absolute atomic E-state index is 0.0236. The van der Waals surface area contributed by atoms with E-state index in [0.717, 1.165) is 18.3 Å². The van der Waals surface area contributed by atoms with Crippen LogP contribution in [-0.4, -0.2) is 27.8 Å². The summed E-state index contributed by atoms with van der Waals surface area (Å²) in [5, 5.41) is 12.8. The van der Waals surface area contributed by atoms with Crippen molar-refractivity contribution < 1.29 is 27.5 Å². The van der Waals surface area contributed by atoms with E-state index < -0.39 is 52.2 Å². The molecule has 1 heterocycles. The Balaban J connectivity index is 2.00. The van der Waals surface area contributed by atoms with Gasteiger partial charge in [-0.2, -0.15) is 0 Å². The van der Waals surface area contributed by atoms with Gasteiger partial charge in [-0.25, -0.2) is 22.5 Å². The number of hydrogen-bond donors (Lipinski definition) is 2. The van der Waals surface area contributed by atoms with Crippen LogP contribution in [0, 0.1) is 5.82 Å². The van der Waals surface area contributed by atoms with Gasteiger partial charge < -0.3 is 10.4 Å². The van der Waals surface area contributed by atoms with Crippen molar-refractivity contribution in [2.75, 3.05) is 0 Å². The highest BCUT2D eigenvalue weighted by atomic mass is 35.5. The number of nitrogens with zero attached hydrogens (tertiary/aromatic N) is 1. The summed E-state index contributed by atoms with van der Waals surface area (Å²) < 4.78 is 53.9. The first kappa shape index (κ1) is 22.8. The summed E-state index contributed by atoms with van der Waals surface area (Å²) in [7, 11) is 0. The van der Waals surface area contributed by atoms with Crippen LogP contribution in [0.1, 0.15) is 59.8 Å². The minimum Gasteiger partial charge on any atom is -0.387 e. The third kappa shape index (κ3) is 4.55. The van der Waals surface area contributed by atoms with E-state index >= 15 is 0 Å². The number of amides is 1. The molecule has 0 saturated heterocycles. The number of rotatable bonds is 5. The second kappa shape index (κ2) is 9.08. The molecule has 4 nitrogen and oxygen atoms in total. The maximum absolute atomic E-state index is 14.1. The zero-order chi connectivity index (χ0) is 22.1. The minimum atomic E-state index is -2.93.